The third-order valence-electron chi connectivity index (χ3n) is 8.15. The Morgan fingerprint density at radius 2 is 1.76 bits per heavy atom. The highest BCUT2D eigenvalue weighted by Gasteiger charge is 2.27. The molecule has 1 atom stereocenters. The van der Waals surface area contributed by atoms with Crippen molar-refractivity contribution >= 4 is 51.2 Å². The number of hydrogen-bond acceptors (Lipinski definition) is 9. The Balaban J connectivity index is 1.28. The molecular weight excluding hydrogens is 570 g/mol. The van der Waals surface area contributed by atoms with Crippen molar-refractivity contribution in [1.82, 2.24) is 19.8 Å². The van der Waals surface area contributed by atoms with Crippen LogP contribution in [0.15, 0.2) is 47.5 Å². The van der Waals surface area contributed by atoms with Gasteiger partial charge in [-0.25, -0.2) is 4.98 Å². The Bertz CT molecular complexity index is 1410. The Morgan fingerprint density at radius 1 is 1.02 bits per heavy atom. The number of methoxy groups -OCH3 is 1. The summed E-state index contributed by atoms with van der Waals surface area (Å²) >= 11 is 6.49. The third-order valence-corrected chi connectivity index (χ3v) is 10.2. The summed E-state index contributed by atoms with van der Waals surface area (Å²) in [4.78, 5) is 17.3. The number of benzene rings is 2. The lowest BCUT2D eigenvalue weighted by Crippen LogP contribution is -2.52. The number of ether oxygens (including phenoxy) is 1. The Labute approximate surface area is 257 Å². The lowest BCUT2D eigenvalue weighted by atomic mass is 10.0. The molecule has 2 aliphatic heterocycles. The number of rotatable bonds is 9. The van der Waals surface area contributed by atoms with E-state index in [9.17, 15) is 4.21 Å². The minimum absolute atomic E-state index is 0.0245. The fraction of sp³-hybridized carbons (Fsp3) is 0.484. The zero-order chi connectivity index (χ0) is 29.8. The van der Waals surface area contributed by atoms with Crippen LogP contribution in [-0.2, 0) is 10.8 Å². The fourth-order valence-corrected chi connectivity index (χ4v) is 7.00. The minimum Gasteiger partial charge on any atom is -0.494 e. The number of aromatic nitrogens is 2. The minimum atomic E-state index is -1.18. The number of piperazine rings is 1. The van der Waals surface area contributed by atoms with Gasteiger partial charge in [-0.05, 0) is 50.6 Å². The van der Waals surface area contributed by atoms with Crippen molar-refractivity contribution in [1.29, 1.82) is 0 Å². The summed E-state index contributed by atoms with van der Waals surface area (Å²) in [7, 11) is 2.70. The van der Waals surface area contributed by atoms with Gasteiger partial charge < -0.3 is 25.2 Å². The highest BCUT2D eigenvalue weighted by atomic mass is 35.5. The van der Waals surface area contributed by atoms with E-state index in [1.54, 1.807) is 13.3 Å². The normalized spacial score (nSPS) is 17.8. The molecular formula is C31H42ClN7O2S. The monoisotopic (exact) mass is 611 g/mol. The van der Waals surface area contributed by atoms with Gasteiger partial charge in [0, 0.05) is 62.3 Å². The van der Waals surface area contributed by atoms with Gasteiger partial charge in [0.15, 0.2) is 5.82 Å². The predicted molar refractivity (Wildman–Crippen MR) is 174 cm³/mol. The smallest absolute Gasteiger partial charge is 0.229 e. The zero-order valence-electron chi connectivity index (χ0n) is 25.2. The maximum absolute atomic E-state index is 13.1. The molecule has 2 aromatic carbocycles. The van der Waals surface area contributed by atoms with E-state index < -0.39 is 10.8 Å². The molecule has 3 heterocycles. The molecule has 3 aromatic rings. The Morgan fingerprint density at radius 3 is 2.45 bits per heavy atom. The van der Waals surface area contributed by atoms with Crippen LogP contribution in [-0.4, -0.2) is 88.7 Å². The molecule has 2 saturated heterocycles. The number of hydrogen-bond donors (Lipinski definition) is 2. The molecule has 0 bridgehead atoms. The summed E-state index contributed by atoms with van der Waals surface area (Å²) in [6.07, 6.45) is 3.90. The van der Waals surface area contributed by atoms with Crippen LogP contribution in [0.1, 0.15) is 32.3 Å². The first kappa shape index (κ1) is 30.5. The molecule has 9 nitrogen and oxygen atoms in total. The van der Waals surface area contributed by atoms with Gasteiger partial charge in [-0.2, -0.15) is 4.98 Å². The number of piperidine rings is 1. The van der Waals surface area contributed by atoms with Crippen LogP contribution in [0.4, 0.5) is 28.8 Å². The average Bonchev–Trinajstić information content (AvgIpc) is 2.99. The second-order valence-corrected chi connectivity index (χ2v) is 13.7. The first-order chi connectivity index (χ1) is 20.2. The molecule has 0 spiro atoms. The second kappa shape index (κ2) is 13.6. The van der Waals surface area contributed by atoms with E-state index in [0.717, 1.165) is 53.8 Å². The largest absolute Gasteiger partial charge is 0.494 e. The summed E-state index contributed by atoms with van der Waals surface area (Å²) in [5.74, 6) is 1.52. The summed E-state index contributed by atoms with van der Waals surface area (Å²) in [5, 5.41) is 6.93. The lowest BCUT2D eigenvalue weighted by molar-refractivity contribution is 0.0982. The van der Waals surface area contributed by atoms with E-state index in [2.05, 4.69) is 54.5 Å². The zero-order valence-corrected chi connectivity index (χ0v) is 26.8. The van der Waals surface area contributed by atoms with Crippen LogP contribution in [0.3, 0.4) is 0 Å². The predicted octanol–water partition coefficient (Wildman–Crippen LogP) is 5.67. The van der Waals surface area contributed by atoms with Gasteiger partial charge in [0.1, 0.15) is 10.8 Å². The van der Waals surface area contributed by atoms with Crippen LogP contribution >= 0.6 is 11.6 Å². The second-order valence-electron chi connectivity index (χ2n) is 11.4. The van der Waals surface area contributed by atoms with Crippen molar-refractivity contribution in [2.75, 3.05) is 69.0 Å². The molecule has 5 rings (SSSR count). The number of anilines is 5. The summed E-state index contributed by atoms with van der Waals surface area (Å²) in [6, 6.07) is 12.7. The summed E-state index contributed by atoms with van der Waals surface area (Å²) < 4.78 is 18.8. The quantitative estimate of drug-likeness (QED) is 0.318. The molecule has 42 heavy (non-hydrogen) atoms. The molecule has 2 N–H and O–H groups in total. The van der Waals surface area contributed by atoms with Gasteiger partial charge in [-0.1, -0.05) is 37.6 Å². The van der Waals surface area contributed by atoms with Crippen LogP contribution in [0, 0.1) is 6.92 Å². The standard InChI is InChI=1S/C31H42ClN7O2S/c1-21(2)42(40)29-22(3)7-6-8-27(29)34-30-25(32)20-33-31(36-30)35-26-10-9-24(19-28(26)41-5)38-13-11-23(12-14-38)39-17-15-37(4)16-18-39/h6-10,19-21,23H,11-18H2,1-5H3,(H2,33,34,35,36). The van der Waals surface area contributed by atoms with Gasteiger partial charge in [-0.15, -0.1) is 0 Å². The van der Waals surface area contributed by atoms with E-state index in [-0.39, 0.29) is 5.25 Å². The number of nitrogens with zero attached hydrogens (tertiary/aromatic N) is 5. The molecule has 1 aromatic heterocycles. The van der Waals surface area contributed by atoms with Crippen molar-refractivity contribution < 1.29 is 8.95 Å². The van der Waals surface area contributed by atoms with E-state index in [4.69, 9.17) is 16.3 Å². The van der Waals surface area contributed by atoms with Gasteiger partial charge in [0.25, 0.3) is 0 Å². The van der Waals surface area contributed by atoms with E-state index >= 15 is 0 Å². The van der Waals surface area contributed by atoms with Gasteiger partial charge in [-0.3, -0.25) is 9.11 Å². The van der Waals surface area contributed by atoms with Crippen LogP contribution in [0.25, 0.3) is 0 Å². The van der Waals surface area contributed by atoms with Gasteiger partial charge in [0.05, 0.1) is 40.4 Å². The first-order valence-electron chi connectivity index (χ1n) is 14.7. The average molecular weight is 612 g/mol. The van der Waals surface area contributed by atoms with Crippen molar-refractivity contribution in [3.63, 3.8) is 0 Å². The van der Waals surface area contributed by atoms with Crippen LogP contribution < -0.4 is 20.3 Å². The van der Waals surface area contributed by atoms with Crippen molar-refractivity contribution in [2.24, 2.45) is 0 Å². The van der Waals surface area contributed by atoms with E-state index in [0.29, 0.717) is 28.5 Å². The SMILES string of the molecule is COc1cc(N2CCC(N3CCN(C)CC3)CC2)ccc1Nc1ncc(Cl)c(Nc2cccc(C)c2S(=O)C(C)C)n1. The maximum atomic E-state index is 13.1. The number of halogens is 1. The van der Waals surface area contributed by atoms with Crippen molar-refractivity contribution in [3.05, 3.63) is 53.2 Å². The molecule has 2 fully saturated rings. The van der Waals surface area contributed by atoms with E-state index in [1.165, 1.54) is 25.9 Å². The Kier molecular flexibility index (Phi) is 9.88. The van der Waals surface area contributed by atoms with Gasteiger partial charge in [0.2, 0.25) is 5.95 Å². The van der Waals surface area contributed by atoms with E-state index in [1.807, 2.05) is 45.0 Å². The topological polar surface area (TPSA) is 85.9 Å². The number of nitrogens with one attached hydrogen (secondary N) is 2. The Hall–Kier alpha value is -2.92. The fourth-order valence-electron chi connectivity index (χ4n) is 5.67. The number of likely N-dealkylation sites (N-methyl/N-ethyl adjacent to an activating group) is 1. The third kappa shape index (κ3) is 6.99. The molecule has 2 aliphatic rings. The van der Waals surface area contributed by atoms with Crippen LogP contribution in [0.2, 0.25) is 5.02 Å². The molecule has 0 amide bonds. The van der Waals surface area contributed by atoms with Crippen molar-refractivity contribution in [3.8, 4) is 5.75 Å². The molecule has 226 valence electrons. The molecule has 0 radical (unpaired) electrons. The molecule has 0 aliphatic carbocycles. The maximum Gasteiger partial charge on any atom is 0.229 e. The first-order valence-corrected chi connectivity index (χ1v) is 16.2. The lowest BCUT2D eigenvalue weighted by Gasteiger charge is -2.42. The van der Waals surface area contributed by atoms with Crippen molar-refractivity contribution in [2.45, 2.75) is 49.8 Å². The summed E-state index contributed by atoms with van der Waals surface area (Å²) in [5.41, 5.74) is 3.58. The summed E-state index contributed by atoms with van der Waals surface area (Å²) in [6.45, 7) is 12.6. The van der Waals surface area contributed by atoms with Gasteiger partial charge >= 0.3 is 0 Å². The highest BCUT2D eigenvalue weighted by molar-refractivity contribution is 7.85. The van der Waals surface area contributed by atoms with Crippen LogP contribution in [0.5, 0.6) is 5.75 Å². The number of aryl methyl sites for hydroxylation is 1. The molecule has 1 unspecified atom stereocenters. The molecule has 0 saturated carbocycles. The molecule has 11 heteroatoms. The highest BCUT2D eigenvalue weighted by Crippen LogP contribution is 2.35.